The number of anilines is 3. The molecule has 0 radical (unpaired) electrons. The number of carbonyl (C=O) groups is 1. The van der Waals surface area contributed by atoms with Gasteiger partial charge in [0.1, 0.15) is 16.7 Å². The third-order valence-electron chi connectivity index (χ3n) is 5.89. The van der Waals surface area contributed by atoms with E-state index >= 15 is 0 Å². The highest BCUT2D eigenvalue weighted by atomic mass is 35.5. The smallest absolute Gasteiger partial charge is 0.226 e. The van der Waals surface area contributed by atoms with E-state index in [0.29, 0.717) is 63.7 Å². The van der Waals surface area contributed by atoms with Crippen LogP contribution in [-0.4, -0.2) is 75.2 Å². The highest BCUT2D eigenvalue weighted by Crippen LogP contribution is 2.32. The molecule has 4 N–H and O–H groups in total. The predicted molar refractivity (Wildman–Crippen MR) is 150 cm³/mol. The van der Waals surface area contributed by atoms with Crippen molar-refractivity contribution in [3.8, 4) is 11.3 Å². The molecule has 0 spiro atoms. The Labute approximate surface area is 230 Å². The largest absolute Gasteiger partial charge is 0.396 e. The molecule has 3 aromatic rings. The number of hydrogen-bond acceptors (Lipinski definition) is 9. The van der Waals surface area contributed by atoms with Crippen molar-refractivity contribution in [2.45, 2.75) is 37.4 Å². The lowest BCUT2D eigenvalue weighted by molar-refractivity contribution is -0.116. The van der Waals surface area contributed by atoms with Crippen LogP contribution in [0, 0.1) is 5.82 Å². The molecule has 1 aliphatic heterocycles. The number of nitrogens with zero attached hydrogens (tertiary/aromatic N) is 4. The molecule has 38 heavy (non-hydrogen) atoms. The predicted octanol–water partition coefficient (Wildman–Crippen LogP) is 4.17. The monoisotopic (exact) mass is 559 g/mol. The first kappa shape index (κ1) is 28.2. The third-order valence-corrected chi connectivity index (χ3v) is 7.09. The standard InChI is InChI=1S/C26H31ClFN7O2S/c1-16-14-35(15-17(2)30-16)8-6-25(37)32-24-12-19(5-7-29-24)31-23-13-22(33-34-26(23)38-10-9-36)20-11-18(27)3-4-21(20)28/h3-5,7,11-13,16-17,30,36H,6,8-10,14-15H2,1-2H3,(H2,29,31,32,33,37). The average Bonchev–Trinajstić information content (AvgIpc) is 2.88. The maximum atomic E-state index is 14.5. The molecule has 1 fully saturated rings. The van der Waals surface area contributed by atoms with E-state index < -0.39 is 5.82 Å². The normalized spacial score (nSPS) is 17.8. The van der Waals surface area contributed by atoms with Crippen LogP contribution in [0.3, 0.4) is 0 Å². The topological polar surface area (TPSA) is 115 Å². The number of piperazine rings is 1. The second-order valence-electron chi connectivity index (χ2n) is 9.23. The van der Waals surface area contributed by atoms with E-state index in [4.69, 9.17) is 11.6 Å². The van der Waals surface area contributed by atoms with Gasteiger partial charge in [0.2, 0.25) is 5.91 Å². The molecule has 0 bridgehead atoms. The molecule has 1 aromatic carbocycles. The van der Waals surface area contributed by atoms with E-state index in [1.165, 1.54) is 30.0 Å². The van der Waals surface area contributed by atoms with Crippen molar-refractivity contribution in [2.24, 2.45) is 0 Å². The quantitative estimate of drug-likeness (QED) is 0.272. The number of benzene rings is 1. The van der Waals surface area contributed by atoms with E-state index in [9.17, 15) is 14.3 Å². The third kappa shape index (κ3) is 7.84. The van der Waals surface area contributed by atoms with Gasteiger partial charge in [0.25, 0.3) is 0 Å². The number of thioether (sulfide) groups is 1. The van der Waals surface area contributed by atoms with Crippen molar-refractivity contribution in [1.82, 2.24) is 25.4 Å². The maximum absolute atomic E-state index is 14.5. The average molecular weight is 560 g/mol. The lowest BCUT2D eigenvalue weighted by Gasteiger charge is -2.35. The minimum atomic E-state index is -0.468. The van der Waals surface area contributed by atoms with Crippen LogP contribution in [0.15, 0.2) is 47.6 Å². The van der Waals surface area contributed by atoms with Gasteiger partial charge in [-0.15, -0.1) is 22.0 Å². The first-order valence-electron chi connectivity index (χ1n) is 12.4. The number of aliphatic hydroxyl groups is 1. The van der Waals surface area contributed by atoms with E-state index in [-0.39, 0.29) is 18.1 Å². The first-order valence-corrected chi connectivity index (χ1v) is 13.7. The van der Waals surface area contributed by atoms with Crippen LogP contribution in [0.2, 0.25) is 5.02 Å². The van der Waals surface area contributed by atoms with Crippen molar-refractivity contribution in [1.29, 1.82) is 0 Å². The molecule has 0 aliphatic carbocycles. The molecule has 3 heterocycles. The number of pyridine rings is 1. The molecule has 2 unspecified atom stereocenters. The summed E-state index contributed by atoms with van der Waals surface area (Å²) in [6.45, 7) is 6.75. The highest BCUT2D eigenvalue weighted by molar-refractivity contribution is 7.99. The van der Waals surface area contributed by atoms with Gasteiger partial charge in [-0.2, -0.15) is 0 Å². The molecule has 0 saturated carbocycles. The van der Waals surface area contributed by atoms with Crippen molar-refractivity contribution >= 4 is 46.5 Å². The van der Waals surface area contributed by atoms with Crippen LogP contribution in [0.4, 0.5) is 21.6 Å². The summed E-state index contributed by atoms with van der Waals surface area (Å²) < 4.78 is 14.5. The fraction of sp³-hybridized carbons (Fsp3) is 0.385. The van der Waals surface area contributed by atoms with Gasteiger partial charge in [0, 0.05) is 72.4 Å². The zero-order valence-corrected chi connectivity index (χ0v) is 22.8. The van der Waals surface area contributed by atoms with Gasteiger partial charge < -0.3 is 21.1 Å². The highest BCUT2D eigenvalue weighted by Gasteiger charge is 2.21. The Morgan fingerprint density at radius 3 is 2.76 bits per heavy atom. The van der Waals surface area contributed by atoms with Crippen LogP contribution >= 0.6 is 23.4 Å². The van der Waals surface area contributed by atoms with Gasteiger partial charge in [-0.3, -0.25) is 9.69 Å². The number of aromatic nitrogens is 3. The Balaban J connectivity index is 1.47. The molecular formula is C26H31ClFN7O2S. The molecule has 12 heteroatoms. The molecule has 4 rings (SSSR count). The zero-order chi connectivity index (χ0) is 27.1. The van der Waals surface area contributed by atoms with E-state index in [2.05, 4.69) is 49.9 Å². The van der Waals surface area contributed by atoms with Crippen molar-refractivity contribution < 1.29 is 14.3 Å². The number of carbonyl (C=O) groups excluding carboxylic acids is 1. The number of nitrogens with one attached hydrogen (secondary N) is 3. The maximum Gasteiger partial charge on any atom is 0.226 e. The summed E-state index contributed by atoms with van der Waals surface area (Å²) in [4.78, 5) is 19.2. The van der Waals surface area contributed by atoms with Crippen molar-refractivity contribution in [3.05, 3.63) is 53.4 Å². The fourth-order valence-electron chi connectivity index (χ4n) is 4.36. The molecule has 2 atom stereocenters. The van der Waals surface area contributed by atoms with Crippen LogP contribution in [0.5, 0.6) is 0 Å². The number of amides is 1. The second kappa shape index (κ2) is 13.3. The van der Waals surface area contributed by atoms with E-state index in [1.54, 1.807) is 24.4 Å². The Kier molecular flexibility index (Phi) is 9.86. The summed E-state index contributed by atoms with van der Waals surface area (Å²) in [6.07, 6.45) is 1.95. The van der Waals surface area contributed by atoms with Crippen LogP contribution < -0.4 is 16.0 Å². The number of halogens is 2. The second-order valence-corrected chi connectivity index (χ2v) is 10.7. The molecule has 2 aromatic heterocycles. The van der Waals surface area contributed by atoms with Crippen LogP contribution in [0.1, 0.15) is 20.3 Å². The summed E-state index contributed by atoms with van der Waals surface area (Å²) in [7, 11) is 0. The summed E-state index contributed by atoms with van der Waals surface area (Å²) in [5.74, 6) is 0.243. The van der Waals surface area contributed by atoms with Gasteiger partial charge in [-0.1, -0.05) is 11.6 Å². The van der Waals surface area contributed by atoms with Gasteiger partial charge in [-0.25, -0.2) is 9.37 Å². The molecule has 9 nitrogen and oxygen atoms in total. The minimum absolute atomic E-state index is 0.0341. The Morgan fingerprint density at radius 1 is 1.21 bits per heavy atom. The molecule has 202 valence electrons. The minimum Gasteiger partial charge on any atom is -0.396 e. The van der Waals surface area contributed by atoms with Crippen LogP contribution in [-0.2, 0) is 4.79 Å². The van der Waals surface area contributed by atoms with Gasteiger partial charge >= 0.3 is 0 Å². The lowest BCUT2D eigenvalue weighted by Crippen LogP contribution is -2.54. The van der Waals surface area contributed by atoms with Gasteiger partial charge in [0.05, 0.1) is 18.0 Å². The van der Waals surface area contributed by atoms with E-state index in [1.807, 2.05) is 0 Å². The summed E-state index contributed by atoms with van der Waals surface area (Å²) in [5, 5.41) is 28.2. The summed E-state index contributed by atoms with van der Waals surface area (Å²) in [6, 6.07) is 10.2. The van der Waals surface area contributed by atoms with Crippen molar-refractivity contribution in [3.63, 3.8) is 0 Å². The molecule has 1 saturated heterocycles. The Morgan fingerprint density at radius 2 is 2.00 bits per heavy atom. The molecular weight excluding hydrogens is 529 g/mol. The molecule has 1 amide bonds. The number of aliphatic hydroxyl groups excluding tert-OH is 1. The lowest BCUT2D eigenvalue weighted by atomic mass is 10.1. The van der Waals surface area contributed by atoms with E-state index in [0.717, 1.165) is 13.1 Å². The Hall–Kier alpha value is -2.83. The number of rotatable bonds is 10. The van der Waals surface area contributed by atoms with Gasteiger partial charge in [0.15, 0.2) is 0 Å². The molecule has 1 aliphatic rings. The SMILES string of the molecule is CC1CN(CCC(=O)Nc2cc(Nc3cc(-c4cc(Cl)ccc4F)nnc3SCCO)ccn2)CC(C)N1. The first-order chi connectivity index (χ1) is 18.3. The summed E-state index contributed by atoms with van der Waals surface area (Å²) in [5.41, 5.74) is 1.75. The Bertz CT molecular complexity index is 1260. The van der Waals surface area contributed by atoms with Crippen molar-refractivity contribution in [2.75, 3.05) is 42.6 Å². The van der Waals surface area contributed by atoms with Gasteiger partial charge in [-0.05, 0) is 44.2 Å². The summed E-state index contributed by atoms with van der Waals surface area (Å²) >= 11 is 7.38. The zero-order valence-electron chi connectivity index (χ0n) is 21.2. The fourth-order valence-corrected chi connectivity index (χ4v) is 5.19. The number of hydrogen-bond donors (Lipinski definition) is 4. The van der Waals surface area contributed by atoms with Crippen LogP contribution in [0.25, 0.3) is 11.3 Å².